The lowest BCUT2D eigenvalue weighted by Crippen LogP contribution is -2.41. The Morgan fingerprint density at radius 1 is 1.35 bits per heavy atom. The summed E-state index contributed by atoms with van der Waals surface area (Å²) in [6, 6.07) is 0. The summed E-state index contributed by atoms with van der Waals surface area (Å²) < 4.78 is 5.30. The maximum atomic E-state index is 11.6. The SMILES string of the molecule is C=CC.CC1CCN(C(=O)OC(C)(C)C)CC1. The molecular formula is C14H27NO2. The summed E-state index contributed by atoms with van der Waals surface area (Å²) in [7, 11) is 0. The van der Waals surface area contributed by atoms with Crippen LogP contribution in [0.15, 0.2) is 12.7 Å². The van der Waals surface area contributed by atoms with E-state index in [1.807, 2.05) is 32.6 Å². The molecule has 0 saturated carbocycles. The molecule has 17 heavy (non-hydrogen) atoms. The van der Waals surface area contributed by atoms with Gasteiger partial charge in [0.25, 0.3) is 0 Å². The Kier molecular flexibility index (Phi) is 6.93. The molecule has 3 nitrogen and oxygen atoms in total. The molecule has 0 radical (unpaired) electrons. The van der Waals surface area contributed by atoms with Crippen molar-refractivity contribution >= 4 is 6.09 Å². The lowest BCUT2D eigenvalue weighted by molar-refractivity contribution is 0.0190. The molecule has 0 unspecified atom stereocenters. The molecular weight excluding hydrogens is 214 g/mol. The highest BCUT2D eigenvalue weighted by Crippen LogP contribution is 2.18. The fourth-order valence-electron chi connectivity index (χ4n) is 1.52. The van der Waals surface area contributed by atoms with E-state index in [0.29, 0.717) is 0 Å². The summed E-state index contributed by atoms with van der Waals surface area (Å²) in [5.74, 6) is 0.744. The second kappa shape index (κ2) is 7.36. The fourth-order valence-corrected chi connectivity index (χ4v) is 1.52. The number of hydrogen-bond donors (Lipinski definition) is 0. The molecule has 1 saturated heterocycles. The van der Waals surface area contributed by atoms with Crippen LogP contribution in [0.1, 0.15) is 47.5 Å². The van der Waals surface area contributed by atoms with Gasteiger partial charge in [0.1, 0.15) is 5.60 Å². The van der Waals surface area contributed by atoms with Crippen molar-refractivity contribution in [3.05, 3.63) is 12.7 Å². The molecule has 3 heteroatoms. The molecule has 1 aliphatic rings. The summed E-state index contributed by atoms with van der Waals surface area (Å²) in [4.78, 5) is 13.4. The Balaban J connectivity index is 0.000000770. The van der Waals surface area contributed by atoms with Crippen molar-refractivity contribution in [3.8, 4) is 0 Å². The maximum absolute atomic E-state index is 11.6. The van der Waals surface area contributed by atoms with E-state index in [-0.39, 0.29) is 11.7 Å². The highest BCUT2D eigenvalue weighted by molar-refractivity contribution is 5.68. The Morgan fingerprint density at radius 3 is 2.12 bits per heavy atom. The summed E-state index contributed by atoms with van der Waals surface area (Å²) in [6.07, 6.45) is 3.78. The predicted molar refractivity (Wildman–Crippen MR) is 72.1 cm³/mol. The molecule has 100 valence electrons. The van der Waals surface area contributed by atoms with Crippen LogP contribution in [0.2, 0.25) is 0 Å². The second-order valence-corrected chi connectivity index (χ2v) is 5.56. The molecule has 1 amide bonds. The number of carbonyl (C=O) groups is 1. The minimum atomic E-state index is -0.375. The van der Waals surface area contributed by atoms with E-state index in [1.54, 1.807) is 6.08 Å². The number of allylic oxidation sites excluding steroid dienone is 1. The zero-order chi connectivity index (χ0) is 13.5. The first-order valence-electron chi connectivity index (χ1n) is 6.35. The fraction of sp³-hybridized carbons (Fsp3) is 0.786. The predicted octanol–water partition coefficient (Wildman–Crippen LogP) is 3.85. The van der Waals surface area contributed by atoms with E-state index in [1.165, 1.54) is 0 Å². The Hall–Kier alpha value is -0.990. The van der Waals surface area contributed by atoms with E-state index >= 15 is 0 Å². The van der Waals surface area contributed by atoms with Crippen molar-refractivity contribution in [3.63, 3.8) is 0 Å². The molecule has 0 spiro atoms. The number of carbonyl (C=O) groups excluding carboxylic acids is 1. The van der Waals surface area contributed by atoms with Crippen LogP contribution in [0.3, 0.4) is 0 Å². The molecule has 0 aromatic heterocycles. The van der Waals surface area contributed by atoms with E-state index in [4.69, 9.17) is 4.74 Å². The summed E-state index contributed by atoms with van der Waals surface area (Å²) in [6.45, 7) is 14.9. The zero-order valence-corrected chi connectivity index (χ0v) is 12.0. The summed E-state index contributed by atoms with van der Waals surface area (Å²) in [5, 5.41) is 0. The van der Waals surface area contributed by atoms with Crippen molar-refractivity contribution in [2.24, 2.45) is 5.92 Å². The van der Waals surface area contributed by atoms with Crippen molar-refractivity contribution in [2.45, 2.75) is 53.1 Å². The Morgan fingerprint density at radius 2 is 1.76 bits per heavy atom. The van der Waals surface area contributed by atoms with Gasteiger partial charge in [0.2, 0.25) is 0 Å². The molecule has 0 atom stereocenters. The largest absolute Gasteiger partial charge is 0.444 e. The van der Waals surface area contributed by atoms with Crippen molar-refractivity contribution in [2.75, 3.05) is 13.1 Å². The first kappa shape index (κ1) is 16.0. The standard InChI is InChI=1S/C11H21NO2.C3H6/c1-9-5-7-12(8-6-9)10(13)14-11(2,3)4;1-3-2/h9H,5-8H2,1-4H3;3H,1H2,2H3. The van der Waals surface area contributed by atoms with Gasteiger partial charge in [-0.1, -0.05) is 13.0 Å². The van der Waals surface area contributed by atoms with Crippen LogP contribution >= 0.6 is 0 Å². The molecule has 0 aliphatic carbocycles. The number of piperidine rings is 1. The van der Waals surface area contributed by atoms with Gasteiger partial charge in [-0.2, -0.15) is 0 Å². The van der Waals surface area contributed by atoms with Crippen LogP contribution in [0.5, 0.6) is 0 Å². The minimum absolute atomic E-state index is 0.163. The Bertz CT molecular complexity index is 235. The van der Waals surface area contributed by atoms with Crippen molar-refractivity contribution < 1.29 is 9.53 Å². The number of amides is 1. The third kappa shape index (κ3) is 7.83. The van der Waals surface area contributed by atoms with Gasteiger partial charge in [-0.3, -0.25) is 0 Å². The molecule has 0 aromatic carbocycles. The minimum Gasteiger partial charge on any atom is -0.444 e. The van der Waals surface area contributed by atoms with E-state index < -0.39 is 0 Å². The van der Waals surface area contributed by atoms with Gasteiger partial charge in [0.15, 0.2) is 0 Å². The van der Waals surface area contributed by atoms with Crippen LogP contribution < -0.4 is 0 Å². The van der Waals surface area contributed by atoms with Gasteiger partial charge >= 0.3 is 6.09 Å². The van der Waals surface area contributed by atoms with Crippen molar-refractivity contribution in [1.29, 1.82) is 0 Å². The van der Waals surface area contributed by atoms with Crippen LogP contribution in [-0.4, -0.2) is 29.7 Å². The van der Waals surface area contributed by atoms with E-state index in [0.717, 1.165) is 31.8 Å². The Labute approximate surface area is 106 Å². The van der Waals surface area contributed by atoms with Gasteiger partial charge in [0.05, 0.1) is 0 Å². The zero-order valence-electron chi connectivity index (χ0n) is 12.0. The number of rotatable bonds is 0. The molecule has 1 aliphatic heterocycles. The van der Waals surface area contributed by atoms with E-state index in [2.05, 4.69) is 13.5 Å². The number of likely N-dealkylation sites (tertiary alicyclic amines) is 1. The van der Waals surface area contributed by atoms with Crippen LogP contribution in [0.25, 0.3) is 0 Å². The lowest BCUT2D eigenvalue weighted by atomic mass is 10.00. The van der Waals surface area contributed by atoms with Crippen LogP contribution in [0, 0.1) is 5.92 Å². The molecule has 1 rings (SSSR count). The summed E-state index contributed by atoms with van der Waals surface area (Å²) >= 11 is 0. The van der Waals surface area contributed by atoms with Crippen LogP contribution in [-0.2, 0) is 4.74 Å². The molecule has 1 heterocycles. The summed E-state index contributed by atoms with van der Waals surface area (Å²) in [5.41, 5.74) is -0.375. The maximum Gasteiger partial charge on any atom is 0.410 e. The average molecular weight is 241 g/mol. The first-order chi connectivity index (χ1) is 7.80. The topological polar surface area (TPSA) is 29.5 Å². The average Bonchev–Trinajstić information content (AvgIpc) is 2.17. The van der Waals surface area contributed by atoms with Gasteiger partial charge in [0, 0.05) is 13.1 Å². The van der Waals surface area contributed by atoms with Crippen molar-refractivity contribution in [1.82, 2.24) is 4.90 Å². The third-order valence-electron chi connectivity index (χ3n) is 2.44. The monoisotopic (exact) mass is 241 g/mol. The van der Waals surface area contributed by atoms with E-state index in [9.17, 15) is 4.79 Å². The van der Waals surface area contributed by atoms with Crippen LogP contribution in [0.4, 0.5) is 4.79 Å². The van der Waals surface area contributed by atoms with Gasteiger partial charge < -0.3 is 9.64 Å². The number of ether oxygens (including phenoxy) is 1. The van der Waals surface area contributed by atoms with Gasteiger partial charge in [-0.25, -0.2) is 4.79 Å². The molecule has 0 N–H and O–H groups in total. The normalized spacial score (nSPS) is 16.9. The number of hydrogen-bond acceptors (Lipinski definition) is 2. The van der Waals surface area contributed by atoms with Gasteiger partial charge in [-0.05, 0) is 46.5 Å². The quantitative estimate of drug-likeness (QED) is 0.603. The van der Waals surface area contributed by atoms with Gasteiger partial charge in [-0.15, -0.1) is 6.58 Å². The highest BCUT2D eigenvalue weighted by Gasteiger charge is 2.24. The second-order valence-electron chi connectivity index (χ2n) is 5.56. The highest BCUT2D eigenvalue weighted by atomic mass is 16.6. The lowest BCUT2D eigenvalue weighted by Gasteiger charge is -2.32. The number of nitrogens with zero attached hydrogens (tertiary/aromatic N) is 1. The molecule has 0 aromatic rings. The third-order valence-corrected chi connectivity index (χ3v) is 2.44. The first-order valence-corrected chi connectivity index (χ1v) is 6.35. The molecule has 1 fully saturated rings. The molecule has 0 bridgehead atoms. The smallest absolute Gasteiger partial charge is 0.410 e.